The van der Waals surface area contributed by atoms with Gasteiger partial charge in [0.1, 0.15) is 4.83 Å². The molecule has 1 aromatic carbocycles. The molecule has 18 heavy (non-hydrogen) atoms. The van der Waals surface area contributed by atoms with Gasteiger partial charge in [-0.3, -0.25) is 0 Å². The van der Waals surface area contributed by atoms with Crippen molar-refractivity contribution in [2.45, 2.75) is 13.8 Å². The second-order valence-corrected chi connectivity index (χ2v) is 5.76. The van der Waals surface area contributed by atoms with Crippen LogP contribution in [0.4, 0.5) is 0 Å². The fourth-order valence-corrected chi connectivity index (χ4v) is 3.01. The Morgan fingerprint density at radius 3 is 2.44 bits per heavy atom. The van der Waals surface area contributed by atoms with Crippen molar-refractivity contribution in [1.29, 1.82) is 0 Å². The minimum absolute atomic E-state index is 0.760. The van der Waals surface area contributed by atoms with Crippen LogP contribution in [0.15, 0.2) is 28.7 Å². The third-order valence-electron chi connectivity index (χ3n) is 2.79. The average molecular weight is 320 g/mol. The van der Waals surface area contributed by atoms with Crippen molar-refractivity contribution in [3.63, 3.8) is 0 Å². The summed E-state index contributed by atoms with van der Waals surface area (Å²) in [5.41, 5.74) is 3.02. The number of aryl methyl sites for hydroxylation is 2. The molecule has 3 aromatic rings. The van der Waals surface area contributed by atoms with Gasteiger partial charge in [-0.05, 0) is 37.5 Å². The van der Waals surface area contributed by atoms with Crippen molar-refractivity contribution in [2.75, 3.05) is 0 Å². The van der Waals surface area contributed by atoms with E-state index >= 15 is 0 Å². The lowest BCUT2D eigenvalue weighted by molar-refractivity contribution is 1.16. The van der Waals surface area contributed by atoms with E-state index in [1.807, 2.05) is 38.1 Å². The molecule has 0 aliphatic rings. The van der Waals surface area contributed by atoms with Crippen LogP contribution in [-0.2, 0) is 0 Å². The zero-order valence-electron chi connectivity index (χ0n) is 9.94. The molecule has 0 bridgehead atoms. The minimum Gasteiger partial charge on any atom is -0.233 e. The highest BCUT2D eigenvalue weighted by Gasteiger charge is 2.11. The lowest BCUT2D eigenvalue weighted by Gasteiger charge is -2.03. The lowest BCUT2D eigenvalue weighted by Crippen LogP contribution is -1.92. The monoisotopic (exact) mass is 319 g/mol. The lowest BCUT2D eigenvalue weighted by atomic mass is 10.2. The highest BCUT2D eigenvalue weighted by atomic mass is 79.9. The van der Waals surface area contributed by atoms with Gasteiger partial charge in [0.2, 0.25) is 0 Å². The van der Waals surface area contributed by atoms with Crippen LogP contribution in [0.2, 0.25) is 0 Å². The first-order valence-electron chi connectivity index (χ1n) is 5.52. The van der Waals surface area contributed by atoms with Crippen molar-refractivity contribution in [1.82, 2.24) is 14.3 Å². The Kier molecular flexibility index (Phi) is 2.87. The van der Waals surface area contributed by atoms with Crippen LogP contribution in [0.25, 0.3) is 21.6 Å². The zero-order chi connectivity index (χ0) is 12.7. The summed E-state index contributed by atoms with van der Waals surface area (Å²) < 4.78 is 5.39. The van der Waals surface area contributed by atoms with Gasteiger partial charge in [-0.1, -0.05) is 28.1 Å². The Hall–Kier alpha value is -1.33. The summed E-state index contributed by atoms with van der Waals surface area (Å²) in [6.07, 6.45) is 0. The van der Waals surface area contributed by atoms with Crippen molar-refractivity contribution in [3.05, 3.63) is 40.1 Å². The predicted octanol–water partition coefficient (Wildman–Crippen LogP) is 4.13. The standard InChI is InChI=1S/C13H10BrN3S/c1-7-11-8(2)17-18-13(11)16-12(15-7)9-3-5-10(14)6-4-9/h3-6H,1-2H3. The molecule has 3 rings (SSSR count). The van der Waals surface area contributed by atoms with Crippen LogP contribution in [0, 0.1) is 13.8 Å². The molecule has 0 N–H and O–H groups in total. The van der Waals surface area contributed by atoms with E-state index in [1.54, 1.807) is 0 Å². The summed E-state index contributed by atoms with van der Waals surface area (Å²) in [5, 5.41) is 1.08. The zero-order valence-corrected chi connectivity index (χ0v) is 12.3. The third kappa shape index (κ3) is 1.93. The van der Waals surface area contributed by atoms with Crippen molar-refractivity contribution in [3.8, 4) is 11.4 Å². The second kappa shape index (κ2) is 4.40. The molecule has 0 radical (unpaired) electrons. The van der Waals surface area contributed by atoms with Crippen LogP contribution < -0.4 is 0 Å². The predicted molar refractivity (Wildman–Crippen MR) is 77.8 cm³/mol. The van der Waals surface area contributed by atoms with Crippen LogP contribution in [-0.4, -0.2) is 14.3 Å². The number of nitrogens with zero attached hydrogens (tertiary/aromatic N) is 3. The Balaban J connectivity index is 2.21. The quantitative estimate of drug-likeness (QED) is 0.676. The van der Waals surface area contributed by atoms with E-state index in [-0.39, 0.29) is 0 Å². The Morgan fingerprint density at radius 2 is 1.72 bits per heavy atom. The molecule has 2 aromatic heterocycles. The molecule has 0 spiro atoms. The summed E-state index contributed by atoms with van der Waals surface area (Å²) in [7, 11) is 0. The van der Waals surface area contributed by atoms with E-state index in [0.717, 1.165) is 37.5 Å². The Labute approximate surface area is 117 Å². The van der Waals surface area contributed by atoms with Gasteiger partial charge in [-0.15, -0.1) is 0 Å². The van der Waals surface area contributed by atoms with Crippen molar-refractivity contribution < 1.29 is 0 Å². The highest BCUT2D eigenvalue weighted by molar-refractivity contribution is 9.10. The molecule has 5 heteroatoms. The first-order valence-corrected chi connectivity index (χ1v) is 7.08. The molecule has 0 atom stereocenters. The molecule has 0 aliphatic carbocycles. The van der Waals surface area contributed by atoms with Gasteiger partial charge in [0.25, 0.3) is 0 Å². The molecule has 0 fully saturated rings. The molecular weight excluding hydrogens is 310 g/mol. The number of halogens is 1. The van der Waals surface area contributed by atoms with Crippen LogP contribution in [0.1, 0.15) is 11.4 Å². The summed E-state index contributed by atoms with van der Waals surface area (Å²) in [4.78, 5) is 10.1. The van der Waals surface area contributed by atoms with E-state index in [4.69, 9.17) is 0 Å². The summed E-state index contributed by atoms with van der Waals surface area (Å²) in [6.45, 7) is 4.00. The van der Waals surface area contributed by atoms with Gasteiger partial charge in [0, 0.05) is 10.0 Å². The molecule has 0 aliphatic heterocycles. The third-order valence-corrected chi connectivity index (χ3v) is 4.15. The van der Waals surface area contributed by atoms with Gasteiger partial charge in [0.05, 0.1) is 16.8 Å². The van der Waals surface area contributed by atoms with E-state index in [1.165, 1.54) is 11.5 Å². The molecule has 0 unspecified atom stereocenters. The second-order valence-electron chi connectivity index (χ2n) is 4.09. The molecule has 2 heterocycles. The number of rotatable bonds is 1. The molecule has 90 valence electrons. The molecule has 0 saturated heterocycles. The number of hydrogen-bond acceptors (Lipinski definition) is 4. The fraction of sp³-hybridized carbons (Fsp3) is 0.154. The molecular formula is C13H10BrN3S. The van der Waals surface area contributed by atoms with Gasteiger partial charge < -0.3 is 0 Å². The average Bonchev–Trinajstić information content (AvgIpc) is 2.72. The van der Waals surface area contributed by atoms with Crippen LogP contribution >= 0.6 is 27.5 Å². The Bertz CT molecular complexity index is 719. The summed E-state index contributed by atoms with van der Waals surface area (Å²) in [6, 6.07) is 8.02. The van der Waals surface area contributed by atoms with Crippen molar-refractivity contribution in [2.24, 2.45) is 0 Å². The minimum atomic E-state index is 0.760. The van der Waals surface area contributed by atoms with Crippen LogP contribution in [0.5, 0.6) is 0 Å². The summed E-state index contributed by atoms with van der Waals surface area (Å²) >= 11 is 4.86. The van der Waals surface area contributed by atoms with E-state index in [9.17, 15) is 0 Å². The first-order chi connectivity index (χ1) is 8.65. The Morgan fingerprint density at radius 1 is 1.00 bits per heavy atom. The van der Waals surface area contributed by atoms with Crippen LogP contribution in [0.3, 0.4) is 0 Å². The normalized spacial score (nSPS) is 11.1. The topological polar surface area (TPSA) is 38.7 Å². The number of aromatic nitrogens is 3. The SMILES string of the molecule is Cc1nsc2nc(-c3ccc(Br)cc3)nc(C)c12. The van der Waals surface area contributed by atoms with Gasteiger partial charge in [-0.2, -0.15) is 4.37 Å². The number of hydrogen-bond donors (Lipinski definition) is 0. The number of benzene rings is 1. The highest BCUT2D eigenvalue weighted by Crippen LogP contribution is 2.26. The van der Waals surface area contributed by atoms with Gasteiger partial charge in [-0.25, -0.2) is 9.97 Å². The first kappa shape index (κ1) is 11.7. The smallest absolute Gasteiger partial charge is 0.161 e. The van der Waals surface area contributed by atoms with E-state index in [0.29, 0.717) is 0 Å². The van der Waals surface area contributed by atoms with Crippen molar-refractivity contribution >= 4 is 37.7 Å². The number of fused-ring (bicyclic) bond motifs is 1. The fourth-order valence-electron chi connectivity index (χ4n) is 1.91. The van der Waals surface area contributed by atoms with Gasteiger partial charge in [0.15, 0.2) is 5.82 Å². The largest absolute Gasteiger partial charge is 0.233 e. The molecule has 0 amide bonds. The maximum Gasteiger partial charge on any atom is 0.161 e. The van der Waals surface area contributed by atoms with E-state index < -0.39 is 0 Å². The van der Waals surface area contributed by atoms with Gasteiger partial charge >= 0.3 is 0 Å². The molecule has 0 saturated carbocycles. The maximum absolute atomic E-state index is 4.59. The van der Waals surface area contributed by atoms with E-state index in [2.05, 4.69) is 30.3 Å². The maximum atomic E-state index is 4.59. The summed E-state index contributed by atoms with van der Waals surface area (Å²) in [5.74, 6) is 0.760. The molecule has 3 nitrogen and oxygen atoms in total.